The number of unbranched alkanes of at least 4 members (excludes halogenated alkanes) is 1. The molecule has 0 rings (SSSR count). The normalized spacial score (nSPS) is 11.3. The van der Waals surface area contributed by atoms with Crippen molar-refractivity contribution in [1.82, 2.24) is 4.90 Å². The summed E-state index contributed by atoms with van der Waals surface area (Å²) in [5.41, 5.74) is 4.53. The van der Waals surface area contributed by atoms with Gasteiger partial charge in [-0.2, -0.15) is 0 Å². The van der Waals surface area contributed by atoms with E-state index in [1.807, 2.05) is 0 Å². The summed E-state index contributed by atoms with van der Waals surface area (Å²) in [7, 11) is 0. The zero-order chi connectivity index (χ0) is 9.78. The van der Waals surface area contributed by atoms with Crippen LogP contribution < -0.4 is 5.73 Å². The average molecular weight is 184 g/mol. The Balaban J connectivity index is 4.15. The first-order chi connectivity index (χ1) is 5.39. The number of carbonyl (C=O) groups is 1. The second-order valence-electron chi connectivity index (χ2n) is 2.31. The van der Waals surface area contributed by atoms with E-state index in [4.69, 9.17) is 0 Å². The van der Waals surface area contributed by atoms with Crippen molar-refractivity contribution in [2.45, 2.75) is 26.1 Å². The summed E-state index contributed by atoms with van der Waals surface area (Å²) in [6.07, 6.45) is -3.77. The molecule has 0 aliphatic heterocycles. The van der Waals surface area contributed by atoms with Gasteiger partial charge in [0.15, 0.2) is 0 Å². The van der Waals surface area contributed by atoms with Crippen molar-refractivity contribution in [3.05, 3.63) is 0 Å². The fourth-order valence-electron chi connectivity index (χ4n) is 0.678. The Morgan fingerprint density at radius 2 is 2.00 bits per heavy atom. The predicted octanol–water partition coefficient (Wildman–Crippen LogP) is 1.69. The summed E-state index contributed by atoms with van der Waals surface area (Å²) in [5.74, 6) is 0. The van der Waals surface area contributed by atoms with Crippen LogP contribution in [0.25, 0.3) is 0 Å². The van der Waals surface area contributed by atoms with Gasteiger partial charge in [-0.15, -0.1) is 13.2 Å². The lowest BCUT2D eigenvalue weighted by Gasteiger charge is -2.22. The first kappa shape index (κ1) is 11.1. The number of alkyl halides is 3. The minimum atomic E-state index is -4.65. The predicted molar refractivity (Wildman–Crippen MR) is 37.3 cm³/mol. The number of nitrogens with two attached hydrogens (primary N) is 1. The van der Waals surface area contributed by atoms with E-state index >= 15 is 0 Å². The monoisotopic (exact) mass is 184 g/mol. The zero-order valence-electron chi connectivity index (χ0n) is 6.69. The summed E-state index contributed by atoms with van der Waals surface area (Å²) >= 11 is 0. The zero-order valence-corrected chi connectivity index (χ0v) is 6.69. The molecule has 0 saturated carbocycles. The second kappa shape index (κ2) is 4.18. The highest BCUT2D eigenvalue weighted by atomic mass is 19.4. The number of nitrogens with zero attached hydrogens (tertiary/aromatic N) is 1. The fourth-order valence-corrected chi connectivity index (χ4v) is 0.678. The minimum absolute atomic E-state index is 0.294. The smallest absolute Gasteiger partial charge is 0.351 e. The molecule has 2 N–H and O–H groups in total. The lowest BCUT2D eigenvalue weighted by molar-refractivity contribution is -0.222. The molecule has 0 aromatic heterocycles. The molecular formula is C6H11F3N2O. The van der Waals surface area contributed by atoms with Crippen LogP contribution in [0.4, 0.5) is 18.0 Å². The maximum Gasteiger partial charge on any atom is 0.488 e. The van der Waals surface area contributed by atoms with Crippen molar-refractivity contribution in [2.75, 3.05) is 6.54 Å². The molecule has 2 amide bonds. The van der Waals surface area contributed by atoms with E-state index in [1.165, 1.54) is 0 Å². The van der Waals surface area contributed by atoms with Crippen LogP contribution in [0.3, 0.4) is 0 Å². The van der Waals surface area contributed by atoms with Crippen LogP contribution in [-0.2, 0) is 0 Å². The Hall–Kier alpha value is -0.940. The highest BCUT2D eigenvalue weighted by Crippen LogP contribution is 2.20. The molecule has 0 saturated heterocycles. The lowest BCUT2D eigenvalue weighted by Crippen LogP contribution is -2.46. The third-order valence-electron chi connectivity index (χ3n) is 1.31. The molecule has 0 atom stereocenters. The Morgan fingerprint density at radius 1 is 1.50 bits per heavy atom. The average Bonchev–Trinajstić information content (AvgIpc) is 1.84. The van der Waals surface area contributed by atoms with Crippen LogP contribution in [0.2, 0.25) is 0 Å². The van der Waals surface area contributed by atoms with Gasteiger partial charge in [0.05, 0.1) is 0 Å². The molecule has 6 heteroatoms. The van der Waals surface area contributed by atoms with Gasteiger partial charge >= 0.3 is 12.3 Å². The van der Waals surface area contributed by atoms with Crippen molar-refractivity contribution in [2.24, 2.45) is 5.73 Å². The van der Waals surface area contributed by atoms with Crippen LogP contribution in [0.15, 0.2) is 0 Å². The van der Waals surface area contributed by atoms with Crippen LogP contribution in [-0.4, -0.2) is 23.8 Å². The van der Waals surface area contributed by atoms with E-state index in [9.17, 15) is 18.0 Å². The number of hydrogen-bond acceptors (Lipinski definition) is 1. The van der Waals surface area contributed by atoms with Crippen molar-refractivity contribution >= 4 is 6.03 Å². The van der Waals surface area contributed by atoms with Crippen LogP contribution >= 0.6 is 0 Å². The number of rotatable bonds is 3. The highest BCUT2D eigenvalue weighted by molar-refractivity contribution is 5.72. The maximum atomic E-state index is 11.9. The fraction of sp³-hybridized carbons (Fsp3) is 0.833. The van der Waals surface area contributed by atoms with Gasteiger partial charge < -0.3 is 5.73 Å². The Morgan fingerprint density at radius 3 is 2.25 bits per heavy atom. The highest BCUT2D eigenvalue weighted by Gasteiger charge is 2.39. The maximum absolute atomic E-state index is 11.9. The molecule has 0 bridgehead atoms. The van der Waals surface area contributed by atoms with Crippen molar-refractivity contribution in [1.29, 1.82) is 0 Å². The molecule has 0 fully saturated rings. The standard InChI is InChI=1S/C6H11F3N2O/c1-2-3-4-11(5(10)12)6(7,8)9/h2-4H2,1H3,(H2,10,12). The Kier molecular flexibility index (Phi) is 3.85. The number of amides is 2. The Labute approximate surface area is 68.3 Å². The number of carbonyl (C=O) groups excluding carboxylic acids is 1. The van der Waals surface area contributed by atoms with Gasteiger partial charge in [-0.05, 0) is 6.42 Å². The summed E-state index contributed by atoms with van der Waals surface area (Å²) in [4.78, 5) is 9.99. The van der Waals surface area contributed by atoms with Gasteiger partial charge in [0, 0.05) is 6.54 Å². The molecular weight excluding hydrogens is 173 g/mol. The largest absolute Gasteiger partial charge is 0.488 e. The van der Waals surface area contributed by atoms with Gasteiger partial charge in [-0.25, -0.2) is 9.69 Å². The van der Waals surface area contributed by atoms with Gasteiger partial charge in [0.2, 0.25) is 0 Å². The van der Waals surface area contributed by atoms with Crippen LogP contribution in [0, 0.1) is 0 Å². The topological polar surface area (TPSA) is 46.3 Å². The molecule has 12 heavy (non-hydrogen) atoms. The summed E-state index contributed by atoms with van der Waals surface area (Å²) in [5, 5.41) is 0. The molecule has 0 spiro atoms. The minimum Gasteiger partial charge on any atom is -0.351 e. The van der Waals surface area contributed by atoms with Crippen molar-refractivity contribution in [3.8, 4) is 0 Å². The van der Waals surface area contributed by atoms with E-state index in [-0.39, 0.29) is 11.4 Å². The molecule has 3 nitrogen and oxygen atoms in total. The molecule has 0 radical (unpaired) electrons. The van der Waals surface area contributed by atoms with E-state index in [2.05, 4.69) is 5.73 Å². The first-order valence-electron chi connectivity index (χ1n) is 3.53. The number of hydrogen-bond donors (Lipinski definition) is 1. The third kappa shape index (κ3) is 3.45. The van der Waals surface area contributed by atoms with Crippen LogP contribution in [0.5, 0.6) is 0 Å². The van der Waals surface area contributed by atoms with Gasteiger partial charge in [0.1, 0.15) is 0 Å². The Bertz CT molecular complexity index is 157. The van der Waals surface area contributed by atoms with Crippen LogP contribution in [0.1, 0.15) is 19.8 Å². The number of halogens is 3. The molecule has 0 aliphatic carbocycles. The number of primary amides is 1. The second-order valence-corrected chi connectivity index (χ2v) is 2.31. The van der Waals surface area contributed by atoms with Gasteiger partial charge in [-0.3, -0.25) is 0 Å². The molecule has 72 valence electrons. The lowest BCUT2D eigenvalue weighted by atomic mass is 10.3. The van der Waals surface area contributed by atoms with Gasteiger partial charge in [0.25, 0.3) is 0 Å². The quantitative estimate of drug-likeness (QED) is 0.666. The van der Waals surface area contributed by atoms with E-state index in [0.29, 0.717) is 12.8 Å². The number of urea groups is 1. The van der Waals surface area contributed by atoms with Gasteiger partial charge in [-0.1, -0.05) is 13.3 Å². The van der Waals surface area contributed by atoms with E-state index < -0.39 is 12.3 Å². The summed E-state index contributed by atoms with van der Waals surface area (Å²) in [6.45, 7) is 1.37. The first-order valence-corrected chi connectivity index (χ1v) is 3.53. The molecule has 0 aromatic rings. The SMILES string of the molecule is CCCCN(C(N)=O)C(F)(F)F. The van der Waals surface area contributed by atoms with Crippen molar-refractivity contribution < 1.29 is 18.0 Å². The molecule has 0 aliphatic rings. The molecule has 0 heterocycles. The summed E-state index contributed by atoms with van der Waals surface area (Å²) in [6, 6.07) is -1.45. The van der Waals surface area contributed by atoms with Crippen molar-refractivity contribution in [3.63, 3.8) is 0 Å². The summed E-state index contributed by atoms with van der Waals surface area (Å²) < 4.78 is 35.8. The van der Waals surface area contributed by atoms with E-state index in [0.717, 1.165) is 0 Å². The molecule has 0 aromatic carbocycles. The van der Waals surface area contributed by atoms with E-state index in [1.54, 1.807) is 6.92 Å². The third-order valence-corrected chi connectivity index (χ3v) is 1.31. The molecule has 0 unspecified atom stereocenters.